The Hall–Kier alpha value is -1.91. The fourth-order valence-electron chi connectivity index (χ4n) is 1.15. The SMILES string of the molecule is C[C@@H](OC(=O)C(=O)NCc1cccnc1)C(C)(C)C. The van der Waals surface area contributed by atoms with E-state index in [2.05, 4.69) is 10.3 Å². The average Bonchev–Trinajstić information content (AvgIpc) is 2.35. The predicted octanol–water partition coefficient (Wildman–Crippen LogP) is 1.68. The van der Waals surface area contributed by atoms with Crippen molar-refractivity contribution in [3.8, 4) is 0 Å². The highest BCUT2D eigenvalue weighted by molar-refractivity contribution is 6.32. The highest BCUT2D eigenvalue weighted by Crippen LogP contribution is 2.21. The second-order valence-corrected chi connectivity index (χ2v) is 5.46. The molecule has 0 spiro atoms. The Morgan fingerprint density at radius 1 is 1.42 bits per heavy atom. The number of carbonyl (C=O) groups excluding carboxylic acids is 2. The fourth-order valence-corrected chi connectivity index (χ4v) is 1.15. The van der Waals surface area contributed by atoms with Gasteiger partial charge >= 0.3 is 11.9 Å². The smallest absolute Gasteiger partial charge is 0.397 e. The van der Waals surface area contributed by atoms with Crippen molar-refractivity contribution in [1.29, 1.82) is 0 Å². The zero-order chi connectivity index (χ0) is 14.5. The van der Waals surface area contributed by atoms with Gasteiger partial charge in [0.2, 0.25) is 0 Å². The lowest BCUT2D eigenvalue weighted by atomic mass is 9.90. The maximum Gasteiger partial charge on any atom is 0.397 e. The fraction of sp³-hybridized carbons (Fsp3) is 0.500. The normalized spacial score (nSPS) is 12.6. The molecule has 1 N–H and O–H groups in total. The van der Waals surface area contributed by atoms with Crippen LogP contribution in [0.2, 0.25) is 0 Å². The zero-order valence-corrected chi connectivity index (χ0v) is 11.8. The first kappa shape index (κ1) is 15.1. The molecular formula is C14H20N2O3. The molecule has 1 aromatic heterocycles. The first-order chi connectivity index (χ1) is 8.80. The number of aromatic nitrogens is 1. The van der Waals surface area contributed by atoms with Crippen LogP contribution < -0.4 is 5.32 Å². The molecule has 0 aliphatic carbocycles. The number of amides is 1. The van der Waals surface area contributed by atoms with E-state index >= 15 is 0 Å². The Morgan fingerprint density at radius 2 is 2.11 bits per heavy atom. The number of pyridine rings is 1. The second kappa shape index (κ2) is 6.31. The molecular weight excluding hydrogens is 244 g/mol. The van der Waals surface area contributed by atoms with Crippen LogP contribution in [0.15, 0.2) is 24.5 Å². The van der Waals surface area contributed by atoms with Crippen LogP contribution in [0.3, 0.4) is 0 Å². The third kappa shape index (κ3) is 5.07. The van der Waals surface area contributed by atoms with Crippen molar-refractivity contribution in [3.63, 3.8) is 0 Å². The van der Waals surface area contributed by atoms with Gasteiger partial charge in [0.25, 0.3) is 0 Å². The molecule has 1 amide bonds. The molecule has 0 aliphatic rings. The Labute approximate surface area is 113 Å². The molecule has 1 aromatic rings. The summed E-state index contributed by atoms with van der Waals surface area (Å²) in [7, 11) is 0. The zero-order valence-electron chi connectivity index (χ0n) is 11.8. The van der Waals surface area contributed by atoms with Gasteiger partial charge < -0.3 is 10.1 Å². The Bertz CT molecular complexity index is 438. The van der Waals surface area contributed by atoms with Crippen LogP contribution in [0.4, 0.5) is 0 Å². The minimum absolute atomic E-state index is 0.195. The molecule has 0 radical (unpaired) electrons. The molecule has 104 valence electrons. The van der Waals surface area contributed by atoms with E-state index in [1.807, 2.05) is 26.8 Å². The third-order valence-corrected chi connectivity index (χ3v) is 2.86. The number of hydrogen-bond acceptors (Lipinski definition) is 4. The Morgan fingerprint density at radius 3 is 2.63 bits per heavy atom. The first-order valence-corrected chi connectivity index (χ1v) is 6.18. The number of rotatable bonds is 3. The van der Waals surface area contributed by atoms with E-state index in [4.69, 9.17) is 4.74 Å². The van der Waals surface area contributed by atoms with Gasteiger partial charge in [-0.3, -0.25) is 9.78 Å². The topological polar surface area (TPSA) is 68.3 Å². The van der Waals surface area contributed by atoms with E-state index in [0.717, 1.165) is 5.56 Å². The highest BCUT2D eigenvalue weighted by atomic mass is 16.5. The van der Waals surface area contributed by atoms with Gasteiger partial charge in [0.05, 0.1) is 0 Å². The average molecular weight is 264 g/mol. The standard InChI is InChI=1S/C14H20N2O3/c1-10(14(2,3)4)19-13(18)12(17)16-9-11-6-5-7-15-8-11/h5-8,10H,9H2,1-4H3,(H,16,17)/t10-/m1/s1. The summed E-state index contributed by atoms with van der Waals surface area (Å²) >= 11 is 0. The quantitative estimate of drug-likeness (QED) is 0.666. The van der Waals surface area contributed by atoms with Crippen molar-refractivity contribution in [1.82, 2.24) is 10.3 Å². The lowest BCUT2D eigenvalue weighted by Gasteiger charge is -2.26. The van der Waals surface area contributed by atoms with Crippen LogP contribution in [-0.2, 0) is 20.9 Å². The highest BCUT2D eigenvalue weighted by Gasteiger charge is 2.26. The number of nitrogens with zero attached hydrogens (tertiary/aromatic N) is 1. The first-order valence-electron chi connectivity index (χ1n) is 6.18. The number of carbonyl (C=O) groups is 2. The van der Waals surface area contributed by atoms with Gasteiger partial charge in [-0.25, -0.2) is 4.79 Å². The summed E-state index contributed by atoms with van der Waals surface area (Å²) < 4.78 is 5.10. The molecule has 0 saturated carbocycles. The maximum absolute atomic E-state index is 11.6. The molecule has 19 heavy (non-hydrogen) atoms. The van der Waals surface area contributed by atoms with Crippen molar-refractivity contribution in [2.45, 2.75) is 40.3 Å². The summed E-state index contributed by atoms with van der Waals surface area (Å²) in [6.45, 7) is 7.85. The molecule has 1 atom stereocenters. The van der Waals surface area contributed by atoms with Crippen LogP contribution in [0.25, 0.3) is 0 Å². The molecule has 0 bridgehead atoms. The van der Waals surface area contributed by atoms with E-state index in [1.54, 1.807) is 25.4 Å². The van der Waals surface area contributed by atoms with Crippen molar-refractivity contribution >= 4 is 11.9 Å². The Kier molecular flexibility index (Phi) is 5.03. The van der Waals surface area contributed by atoms with E-state index in [-0.39, 0.29) is 18.1 Å². The molecule has 0 saturated heterocycles. The van der Waals surface area contributed by atoms with Crippen LogP contribution in [-0.4, -0.2) is 23.0 Å². The number of hydrogen-bond donors (Lipinski definition) is 1. The summed E-state index contributed by atoms with van der Waals surface area (Å²) in [5, 5.41) is 2.50. The van der Waals surface area contributed by atoms with Crippen molar-refractivity contribution in [2.75, 3.05) is 0 Å². The summed E-state index contributed by atoms with van der Waals surface area (Å²) in [6.07, 6.45) is 2.94. The molecule has 0 fully saturated rings. The summed E-state index contributed by atoms with van der Waals surface area (Å²) in [6, 6.07) is 3.58. The third-order valence-electron chi connectivity index (χ3n) is 2.86. The van der Waals surface area contributed by atoms with Crippen molar-refractivity contribution in [3.05, 3.63) is 30.1 Å². The lowest BCUT2D eigenvalue weighted by molar-refractivity contribution is -0.162. The molecule has 5 heteroatoms. The number of nitrogens with one attached hydrogen (secondary N) is 1. The van der Waals surface area contributed by atoms with E-state index < -0.39 is 11.9 Å². The van der Waals surface area contributed by atoms with Crippen molar-refractivity contribution < 1.29 is 14.3 Å². The number of esters is 1. The summed E-state index contributed by atoms with van der Waals surface area (Å²) in [5.41, 5.74) is 0.631. The molecule has 0 aromatic carbocycles. The summed E-state index contributed by atoms with van der Waals surface area (Å²) in [4.78, 5) is 27.1. The van der Waals surface area contributed by atoms with Gasteiger partial charge in [0.1, 0.15) is 6.10 Å². The minimum atomic E-state index is -0.855. The van der Waals surface area contributed by atoms with Gasteiger partial charge in [-0.2, -0.15) is 0 Å². The van der Waals surface area contributed by atoms with Crippen LogP contribution >= 0.6 is 0 Å². The molecule has 1 rings (SSSR count). The van der Waals surface area contributed by atoms with Gasteiger partial charge in [0.15, 0.2) is 0 Å². The molecule has 5 nitrogen and oxygen atoms in total. The van der Waals surface area contributed by atoms with Gasteiger partial charge in [0, 0.05) is 18.9 Å². The second-order valence-electron chi connectivity index (χ2n) is 5.46. The minimum Gasteiger partial charge on any atom is -0.455 e. The van der Waals surface area contributed by atoms with Gasteiger partial charge in [-0.05, 0) is 24.0 Å². The van der Waals surface area contributed by atoms with Gasteiger partial charge in [-0.1, -0.05) is 26.8 Å². The number of ether oxygens (including phenoxy) is 1. The van der Waals surface area contributed by atoms with Crippen LogP contribution in [0.5, 0.6) is 0 Å². The van der Waals surface area contributed by atoms with E-state index in [9.17, 15) is 9.59 Å². The largest absolute Gasteiger partial charge is 0.455 e. The van der Waals surface area contributed by atoms with Crippen LogP contribution in [0, 0.1) is 5.41 Å². The predicted molar refractivity (Wildman–Crippen MR) is 71.1 cm³/mol. The molecule has 1 heterocycles. The van der Waals surface area contributed by atoms with Crippen molar-refractivity contribution in [2.24, 2.45) is 5.41 Å². The van der Waals surface area contributed by atoms with E-state index in [0.29, 0.717) is 0 Å². The Balaban J connectivity index is 2.44. The van der Waals surface area contributed by atoms with Crippen LogP contribution in [0.1, 0.15) is 33.3 Å². The van der Waals surface area contributed by atoms with E-state index in [1.165, 1.54) is 0 Å². The molecule has 0 aliphatic heterocycles. The maximum atomic E-state index is 11.6. The lowest BCUT2D eigenvalue weighted by Crippen LogP contribution is -2.37. The summed E-state index contributed by atoms with van der Waals surface area (Å²) in [5.74, 6) is -1.59. The monoisotopic (exact) mass is 264 g/mol. The molecule has 0 unspecified atom stereocenters. The van der Waals surface area contributed by atoms with Gasteiger partial charge in [-0.15, -0.1) is 0 Å².